The van der Waals surface area contributed by atoms with E-state index < -0.39 is 4.92 Å². The lowest BCUT2D eigenvalue weighted by Crippen LogP contribution is -2.07. The van der Waals surface area contributed by atoms with Crippen LogP contribution in [0.4, 0.5) is 5.69 Å². The molecule has 0 spiro atoms. The van der Waals surface area contributed by atoms with Crippen LogP contribution in [0.1, 0.15) is 18.5 Å². The molecule has 0 saturated carbocycles. The molecule has 1 atom stereocenters. The Labute approximate surface area is 84.0 Å². The summed E-state index contributed by atoms with van der Waals surface area (Å²) >= 11 is 3.17. The van der Waals surface area contributed by atoms with Crippen molar-refractivity contribution >= 4 is 21.6 Å². The van der Waals surface area contributed by atoms with E-state index >= 15 is 0 Å². The topological polar surface area (TPSA) is 69.2 Å². The van der Waals surface area contributed by atoms with Gasteiger partial charge in [-0.05, 0) is 19.1 Å². The number of nitrogens with two attached hydrogens (primary N) is 1. The number of halogens is 1. The van der Waals surface area contributed by atoms with Crippen LogP contribution in [-0.2, 0) is 0 Å². The smallest absolute Gasteiger partial charge is 0.275 e. The number of nitro benzene ring substituents is 1. The second kappa shape index (κ2) is 3.85. The molecule has 0 aliphatic carbocycles. The first-order valence-corrected chi connectivity index (χ1v) is 4.51. The summed E-state index contributed by atoms with van der Waals surface area (Å²) in [5.41, 5.74) is 6.19. The Morgan fingerprint density at radius 2 is 2.23 bits per heavy atom. The van der Waals surface area contributed by atoms with Gasteiger partial charge in [0.15, 0.2) is 0 Å². The van der Waals surface area contributed by atoms with Crippen molar-refractivity contribution in [1.29, 1.82) is 0 Å². The lowest BCUT2D eigenvalue weighted by Gasteiger charge is -2.05. The third-order valence-electron chi connectivity index (χ3n) is 1.68. The molecular formula is C8H9BrN2O2. The number of benzene rings is 1. The zero-order chi connectivity index (χ0) is 10.0. The SMILES string of the molecule is C[C@@H](N)c1ccc(Br)cc1[N+](=O)[O-]. The zero-order valence-corrected chi connectivity index (χ0v) is 8.61. The number of nitrogens with zero attached hydrogens (tertiary/aromatic N) is 1. The van der Waals surface area contributed by atoms with E-state index in [1.54, 1.807) is 19.1 Å². The van der Waals surface area contributed by atoms with Gasteiger partial charge in [0.2, 0.25) is 0 Å². The molecule has 0 saturated heterocycles. The Hall–Kier alpha value is -0.940. The van der Waals surface area contributed by atoms with E-state index in [0.29, 0.717) is 10.0 Å². The normalized spacial score (nSPS) is 12.5. The molecule has 0 heterocycles. The van der Waals surface area contributed by atoms with Crippen molar-refractivity contribution < 1.29 is 4.92 Å². The maximum absolute atomic E-state index is 10.6. The minimum absolute atomic E-state index is 0.0596. The van der Waals surface area contributed by atoms with Gasteiger partial charge < -0.3 is 5.73 Å². The fourth-order valence-electron chi connectivity index (χ4n) is 1.06. The number of hydrogen-bond donors (Lipinski definition) is 1. The summed E-state index contributed by atoms with van der Waals surface area (Å²) in [5.74, 6) is 0. The highest BCUT2D eigenvalue weighted by atomic mass is 79.9. The van der Waals surface area contributed by atoms with Gasteiger partial charge in [-0.3, -0.25) is 10.1 Å². The summed E-state index contributed by atoms with van der Waals surface area (Å²) in [6.45, 7) is 1.72. The van der Waals surface area contributed by atoms with Crippen LogP contribution in [0.25, 0.3) is 0 Å². The summed E-state index contributed by atoms with van der Waals surface area (Å²) in [5, 5.41) is 10.6. The molecule has 0 radical (unpaired) electrons. The minimum atomic E-state index is -0.427. The predicted octanol–water partition coefficient (Wildman–Crippen LogP) is 2.38. The zero-order valence-electron chi connectivity index (χ0n) is 7.03. The van der Waals surface area contributed by atoms with Gasteiger partial charge in [0.05, 0.1) is 4.92 Å². The van der Waals surface area contributed by atoms with Gasteiger partial charge in [-0.15, -0.1) is 0 Å². The maximum Gasteiger partial charge on any atom is 0.275 e. The molecule has 1 aromatic rings. The molecule has 0 aliphatic rings. The van der Waals surface area contributed by atoms with Crippen LogP contribution in [0.2, 0.25) is 0 Å². The summed E-state index contributed by atoms with van der Waals surface area (Å²) < 4.78 is 0.684. The molecule has 0 amide bonds. The van der Waals surface area contributed by atoms with E-state index in [0.717, 1.165) is 0 Å². The molecule has 0 aromatic heterocycles. The van der Waals surface area contributed by atoms with Crippen LogP contribution < -0.4 is 5.73 Å². The average molecular weight is 245 g/mol. The average Bonchev–Trinajstić information content (AvgIpc) is 2.03. The van der Waals surface area contributed by atoms with Crippen LogP contribution in [0.15, 0.2) is 22.7 Å². The first kappa shape index (κ1) is 10.1. The molecule has 0 unspecified atom stereocenters. The second-order valence-corrected chi connectivity index (χ2v) is 3.66. The largest absolute Gasteiger partial charge is 0.324 e. The quantitative estimate of drug-likeness (QED) is 0.642. The Bertz CT molecular complexity index is 339. The van der Waals surface area contributed by atoms with Crippen molar-refractivity contribution in [2.24, 2.45) is 5.73 Å². The minimum Gasteiger partial charge on any atom is -0.324 e. The lowest BCUT2D eigenvalue weighted by atomic mass is 10.1. The molecule has 4 nitrogen and oxygen atoms in total. The Balaban J connectivity index is 3.27. The summed E-state index contributed by atoms with van der Waals surface area (Å²) in [4.78, 5) is 10.2. The van der Waals surface area contributed by atoms with Crippen LogP contribution in [-0.4, -0.2) is 4.92 Å². The van der Waals surface area contributed by atoms with Gasteiger partial charge >= 0.3 is 0 Å². The summed E-state index contributed by atoms with van der Waals surface area (Å²) in [6, 6.07) is 4.53. The van der Waals surface area contributed by atoms with Crippen molar-refractivity contribution in [3.05, 3.63) is 38.3 Å². The lowest BCUT2D eigenvalue weighted by molar-refractivity contribution is -0.385. The fourth-order valence-corrected chi connectivity index (χ4v) is 1.41. The first-order chi connectivity index (χ1) is 6.02. The maximum atomic E-state index is 10.6. The van der Waals surface area contributed by atoms with Crippen molar-refractivity contribution in [3.63, 3.8) is 0 Å². The fraction of sp³-hybridized carbons (Fsp3) is 0.250. The van der Waals surface area contributed by atoms with Gasteiger partial charge in [-0.1, -0.05) is 15.9 Å². The number of hydrogen-bond acceptors (Lipinski definition) is 3. The number of nitro groups is 1. The van der Waals surface area contributed by atoms with Gasteiger partial charge in [0, 0.05) is 22.1 Å². The van der Waals surface area contributed by atoms with E-state index in [1.807, 2.05) is 0 Å². The Kier molecular flexibility index (Phi) is 3.00. The number of rotatable bonds is 2. The second-order valence-electron chi connectivity index (χ2n) is 2.75. The molecule has 0 aliphatic heterocycles. The highest BCUT2D eigenvalue weighted by Gasteiger charge is 2.16. The standard InChI is InChI=1S/C8H9BrN2O2/c1-5(10)7-3-2-6(9)4-8(7)11(12)13/h2-5H,10H2,1H3/t5-/m1/s1. The van der Waals surface area contributed by atoms with Crippen molar-refractivity contribution in [1.82, 2.24) is 0 Å². The molecule has 13 heavy (non-hydrogen) atoms. The molecule has 70 valence electrons. The first-order valence-electron chi connectivity index (χ1n) is 3.72. The molecular weight excluding hydrogens is 236 g/mol. The van der Waals surface area contributed by atoms with E-state index in [-0.39, 0.29) is 11.7 Å². The van der Waals surface area contributed by atoms with Gasteiger partial charge in [-0.2, -0.15) is 0 Å². The van der Waals surface area contributed by atoms with Crippen LogP contribution >= 0.6 is 15.9 Å². The van der Waals surface area contributed by atoms with Crippen LogP contribution in [0.3, 0.4) is 0 Å². The molecule has 0 fully saturated rings. The molecule has 1 rings (SSSR count). The third kappa shape index (κ3) is 2.26. The van der Waals surface area contributed by atoms with Crippen LogP contribution in [0.5, 0.6) is 0 Å². The molecule has 0 bridgehead atoms. The van der Waals surface area contributed by atoms with Crippen molar-refractivity contribution in [2.45, 2.75) is 13.0 Å². The Morgan fingerprint density at radius 1 is 1.62 bits per heavy atom. The van der Waals surface area contributed by atoms with Crippen LogP contribution in [0, 0.1) is 10.1 Å². The van der Waals surface area contributed by atoms with Gasteiger partial charge in [-0.25, -0.2) is 0 Å². The van der Waals surface area contributed by atoms with E-state index in [9.17, 15) is 10.1 Å². The highest BCUT2D eigenvalue weighted by Crippen LogP contribution is 2.26. The van der Waals surface area contributed by atoms with Gasteiger partial charge in [0.25, 0.3) is 5.69 Å². The summed E-state index contributed by atoms with van der Waals surface area (Å²) in [6.07, 6.45) is 0. The highest BCUT2D eigenvalue weighted by molar-refractivity contribution is 9.10. The van der Waals surface area contributed by atoms with E-state index in [4.69, 9.17) is 5.73 Å². The Morgan fingerprint density at radius 3 is 2.69 bits per heavy atom. The van der Waals surface area contributed by atoms with Crippen molar-refractivity contribution in [2.75, 3.05) is 0 Å². The molecule has 1 aromatic carbocycles. The predicted molar refractivity (Wildman–Crippen MR) is 53.4 cm³/mol. The molecule has 2 N–H and O–H groups in total. The van der Waals surface area contributed by atoms with E-state index in [2.05, 4.69) is 15.9 Å². The third-order valence-corrected chi connectivity index (χ3v) is 2.17. The molecule has 5 heteroatoms. The van der Waals surface area contributed by atoms with Gasteiger partial charge in [0.1, 0.15) is 0 Å². The summed E-state index contributed by atoms with van der Waals surface area (Å²) in [7, 11) is 0. The monoisotopic (exact) mass is 244 g/mol. The van der Waals surface area contributed by atoms with Crippen molar-refractivity contribution in [3.8, 4) is 0 Å². The van der Waals surface area contributed by atoms with E-state index in [1.165, 1.54) is 6.07 Å².